The molecule has 1 fully saturated rings. The SMILES string of the molecule is c1cn2c(-c3cn[nH]c3)cnc(Nc3cnn(C4CCNCC4)c3)c2n1. The van der Waals surface area contributed by atoms with Crippen LogP contribution < -0.4 is 10.6 Å². The third-order valence-corrected chi connectivity index (χ3v) is 4.77. The molecule has 0 aliphatic carbocycles. The van der Waals surface area contributed by atoms with E-state index in [2.05, 4.69) is 35.9 Å². The van der Waals surface area contributed by atoms with Crippen LogP contribution in [0.25, 0.3) is 16.9 Å². The highest BCUT2D eigenvalue weighted by Gasteiger charge is 2.16. The van der Waals surface area contributed by atoms with Gasteiger partial charge in [-0.25, -0.2) is 9.97 Å². The van der Waals surface area contributed by atoms with E-state index in [1.165, 1.54) is 0 Å². The predicted molar refractivity (Wildman–Crippen MR) is 97.2 cm³/mol. The summed E-state index contributed by atoms with van der Waals surface area (Å²) >= 11 is 0. The lowest BCUT2D eigenvalue weighted by Gasteiger charge is -2.22. The van der Waals surface area contributed by atoms with Crippen molar-refractivity contribution in [3.05, 3.63) is 43.4 Å². The summed E-state index contributed by atoms with van der Waals surface area (Å²) in [6, 6.07) is 0.453. The number of anilines is 2. The van der Waals surface area contributed by atoms with Gasteiger partial charge in [-0.1, -0.05) is 0 Å². The lowest BCUT2D eigenvalue weighted by atomic mass is 10.1. The van der Waals surface area contributed by atoms with Gasteiger partial charge < -0.3 is 10.6 Å². The zero-order chi connectivity index (χ0) is 17.3. The van der Waals surface area contributed by atoms with Crippen molar-refractivity contribution in [2.45, 2.75) is 18.9 Å². The Morgan fingerprint density at radius 3 is 2.88 bits per heavy atom. The molecule has 132 valence electrons. The lowest BCUT2D eigenvalue weighted by molar-refractivity contribution is 0.343. The first-order chi connectivity index (χ1) is 12.9. The van der Waals surface area contributed by atoms with Gasteiger partial charge in [0, 0.05) is 30.4 Å². The number of rotatable bonds is 4. The van der Waals surface area contributed by atoms with Crippen LogP contribution in [0.3, 0.4) is 0 Å². The number of hydrogen-bond donors (Lipinski definition) is 3. The zero-order valence-electron chi connectivity index (χ0n) is 14.1. The van der Waals surface area contributed by atoms with Gasteiger partial charge in [0.1, 0.15) is 0 Å². The fourth-order valence-electron chi connectivity index (χ4n) is 3.42. The molecule has 1 saturated heterocycles. The molecule has 5 rings (SSSR count). The Labute approximate surface area is 149 Å². The van der Waals surface area contributed by atoms with Gasteiger partial charge in [0.05, 0.1) is 36.0 Å². The highest BCUT2D eigenvalue weighted by Crippen LogP contribution is 2.25. The number of imidazole rings is 1. The maximum Gasteiger partial charge on any atom is 0.180 e. The highest BCUT2D eigenvalue weighted by molar-refractivity contribution is 5.73. The molecule has 5 heterocycles. The summed E-state index contributed by atoms with van der Waals surface area (Å²) in [7, 11) is 0. The van der Waals surface area contributed by atoms with Crippen LogP contribution in [0.1, 0.15) is 18.9 Å². The second-order valence-corrected chi connectivity index (χ2v) is 6.42. The van der Waals surface area contributed by atoms with Crippen molar-refractivity contribution in [3.8, 4) is 11.3 Å². The van der Waals surface area contributed by atoms with E-state index >= 15 is 0 Å². The van der Waals surface area contributed by atoms with Crippen LogP contribution in [0.2, 0.25) is 0 Å². The van der Waals surface area contributed by atoms with E-state index in [0.29, 0.717) is 11.9 Å². The standard InChI is InChI=1S/C17H19N9/c1-3-18-4-2-14(1)26-11-13(9-23-26)24-16-17-19-5-6-25(17)15(10-20-16)12-7-21-22-8-12/h5-11,14,18H,1-4H2,(H,20,24)(H,21,22). The number of piperidine rings is 1. The fourth-order valence-corrected chi connectivity index (χ4v) is 3.42. The van der Waals surface area contributed by atoms with Crippen LogP contribution >= 0.6 is 0 Å². The Kier molecular flexibility index (Phi) is 3.64. The summed E-state index contributed by atoms with van der Waals surface area (Å²) in [6.45, 7) is 2.08. The number of nitrogens with zero attached hydrogens (tertiary/aromatic N) is 6. The van der Waals surface area contributed by atoms with Crippen LogP contribution in [-0.2, 0) is 0 Å². The van der Waals surface area contributed by atoms with Crippen molar-refractivity contribution >= 4 is 17.2 Å². The number of hydrogen-bond acceptors (Lipinski definition) is 6. The van der Waals surface area contributed by atoms with Crippen LogP contribution in [0.4, 0.5) is 11.5 Å². The van der Waals surface area contributed by atoms with E-state index in [9.17, 15) is 0 Å². The molecule has 0 atom stereocenters. The normalized spacial score (nSPS) is 15.5. The van der Waals surface area contributed by atoms with E-state index in [-0.39, 0.29) is 0 Å². The quantitative estimate of drug-likeness (QED) is 0.521. The minimum absolute atomic E-state index is 0.453. The summed E-state index contributed by atoms with van der Waals surface area (Å²) in [4.78, 5) is 9.02. The number of nitrogens with one attached hydrogen (secondary N) is 3. The van der Waals surface area contributed by atoms with E-state index in [0.717, 1.165) is 48.5 Å². The molecule has 1 aliphatic rings. The second kappa shape index (κ2) is 6.26. The van der Waals surface area contributed by atoms with Crippen molar-refractivity contribution < 1.29 is 0 Å². The number of aromatic nitrogens is 7. The Bertz CT molecular complexity index is 1010. The highest BCUT2D eigenvalue weighted by atomic mass is 15.3. The molecule has 4 aromatic heterocycles. The van der Waals surface area contributed by atoms with Gasteiger partial charge in [-0.3, -0.25) is 14.2 Å². The smallest absolute Gasteiger partial charge is 0.180 e. The Morgan fingerprint density at radius 2 is 2.04 bits per heavy atom. The second-order valence-electron chi connectivity index (χ2n) is 6.42. The van der Waals surface area contributed by atoms with Crippen LogP contribution in [-0.4, -0.2) is 47.4 Å². The van der Waals surface area contributed by atoms with E-state index in [4.69, 9.17) is 0 Å². The molecule has 0 spiro atoms. The number of aromatic amines is 1. The van der Waals surface area contributed by atoms with Gasteiger partial charge in [-0.05, 0) is 25.9 Å². The third kappa shape index (κ3) is 2.62. The molecule has 0 aromatic carbocycles. The average Bonchev–Trinajstić information content (AvgIpc) is 3.44. The van der Waals surface area contributed by atoms with Crippen molar-refractivity contribution in [1.82, 2.24) is 39.7 Å². The fraction of sp³-hybridized carbons (Fsp3) is 0.294. The Balaban J connectivity index is 1.44. The van der Waals surface area contributed by atoms with Crippen molar-refractivity contribution in [2.24, 2.45) is 0 Å². The zero-order valence-corrected chi connectivity index (χ0v) is 14.1. The molecule has 0 amide bonds. The van der Waals surface area contributed by atoms with Gasteiger partial charge in [0.15, 0.2) is 11.5 Å². The first kappa shape index (κ1) is 15.1. The lowest BCUT2D eigenvalue weighted by Crippen LogP contribution is -2.29. The van der Waals surface area contributed by atoms with Crippen molar-refractivity contribution in [1.29, 1.82) is 0 Å². The molecule has 0 radical (unpaired) electrons. The van der Waals surface area contributed by atoms with Crippen molar-refractivity contribution in [3.63, 3.8) is 0 Å². The third-order valence-electron chi connectivity index (χ3n) is 4.77. The molecule has 9 nitrogen and oxygen atoms in total. The van der Waals surface area contributed by atoms with Crippen LogP contribution in [0.15, 0.2) is 43.4 Å². The Hall–Kier alpha value is -3.20. The minimum atomic E-state index is 0.453. The molecule has 4 aromatic rings. The monoisotopic (exact) mass is 349 g/mol. The van der Waals surface area contributed by atoms with E-state index in [1.54, 1.807) is 12.4 Å². The summed E-state index contributed by atoms with van der Waals surface area (Å²) in [5.74, 6) is 0.701. The maximum atomic E-state index is 4.57. The summed E-state index contributed by atoms with van der Waals surface area (Å²) in [5.41, 5.74) is 3.57. The first-order valence-electron chi connectivity index (χ1n) is 8.71. The summed E-state index contributed by atoms with van der Waals surface area (Å²) in [5, 5.41) is 18.1. The molecule has 0 bridgehead atoms. The number of fused-ring (bicyclic) bond motifs is 1. The molecular formula is C17H19N9. The molecule has 3 N–H and O–H groups in total. The minimum Gasteiger partial charge on any atom is -0.335 e. The maximum absolute atomic E-state index is 4.57. The summed E-state index contributed by atoms with van der Waals surface area (Å²) < 4.78 is 4.04. The van der Waals surface area contributed by atoms with Gasteiger partial charge in [-0.15, -0.1) is 0 Å². The summed E-state index contributed by atoms with van der Waals surface area (Å²) in [6.07, 6.45) is 15.2. The first-order valence-corrected chi connectivity index (χ1v) is 8.71. The Morgan fingerprint density at radius 1 is 1.12 bits per heavy atom. The van der Waals surface area contributed by atoms with Crippen molar-refractivity contribution in [2.75, 3.05) is 18.4 Å². The molecule has 26 heavy (non-hydrogen) atoms. The molecular weight excluding hydrogens is 330 g/mol. The van der Waals surface area contributed by atoms with Gasteiger partial charge >= 0.3 is 0 Å². The molecule has 1 aliphatic heterocycles. The molecule has 0 saturated carbocycles. The topological polar surface area (TPSA) is 101 Å². The van der Waals surface area contributed by atoms with Crippen LogP contribution in [0.5, 0.6) is 0 Å². The molecule has 0 unspecified atom stereocenters. The largest absolute Gasteiger partial charge is 0.335 e. The van der Waals surface area contributed by atoms with Gasteiger partial charge in [0.2, 0.25) is 0 Å². The van der Waals surface area contributed by atoms with E-state index in [1.807, 2.05) is 40.1 Å². The van der Waals surface area contributed by atoms with Crippen LogP contribution in [0, 0.1) is 0 Å². The van der Waals surface area contributed by atoms with Gasteiger partial charge in [0.25, 0.3) is 0 Å². The number of H-pyrrole nitrogens is 1. The average molecular weight is 349 g/mol. The molecule has 9 heteroatoms. The predicted octanol–water partition coefficient (Wildman–Crippen LogP) is 1.98. The van der Waals surface area contributed by atoms with Gasteiger partial charge in [-0.2, -0.15) is 10.2 Å². The van der Waals surface area contributed by atoms with E-state index < -0.39 is 0 Å².